The summed E-state index contributed by atoms with van der Waals surface area (Å²) in [5, 5.41) is 0.717. The van der Waals surface area contributed by atoms with E-state index in [2.05, 4.69) is 0 Å². The van der Waals surface area contributed by atoms with Gasteiger partial charge < -0.3 is 11.1 Å². The van der Waals surface area contributed by atoms with Crippen LogP contribution in [-0.4, -0.2) is 6.03 Å². The highest BCUT2D eigenvalue weighted by Gasteiger charge is 2.16. The molecule has 0 bridgehead atoms. The number of anilines is 1. The van der Waals surface area contributed by atoms with Crippen molar-refractivity contribution in [1.29, 1.82) is 0 Å². The van der Waals surface area contributed by atoms with Gasteiger partial charge in [-0.2, -0.15) is 0 Å². The molecule has 14 heavy (non-hydrogen) atoms. The average molecular weight is 241 g/mol. The van der Waals surface area contributed by atoms with Gasteiger partial charge >= 0.3 is 6.03 Å². The van der Waals surface area contributed by atoms with Gasteiger partial charge in [-0.3, -0.25) is 0 Å². The minimum absolute atomic E-state index is 0.367. The fourth-order valence-electron chi connectivity index (χ4n) is 0.797. The standard InChI is InChI=1S/C7H4Cl2F2N2O/c8-2-1-3(13-7(12)14)6(11)4(9)5(2)10/h1H,(H3,12,13,14). The van der Waals surface area contributed by atoms with Crippen molar-refractivity contribution < 1.29 is 13.6 Å². The molecular formula is C7H4Cl2F2N2O. The number of halogens is 4. The minimum atomic E-state index is -1.12. The average Bonchev–Trinajstić information content (AvgIpc) is 2.10. The largest absolute Gasteiger partial charge is 0.351 e. The maximum atomic E-state index is 13.1. The summed E-state index contributed by atoms with van der Waals surface area (Å²) in [5.41, 5.74) is 4.37. The van der Waals surface area contributed by atoms with Gasteiger partial charge in [0.1, 0.15) is 5.02 Å². The van der Waals surface area contributed by atoms with E-state index in [0.29, 0.717) is 0 Å². The maximum Gasteiger partial charge on any atom is 0.316 e. The van der Waals surface area contributed by atoms with Gasteiger partial charge in [0.15, 0.2) is 11.6 Å². The molecule has 0 aliphatic heterocycles. The molecule has 0 aliphatic rings. The molecule has 0 aromatic heterocycles. The minimum Gasteiger partial charge on any atom is -0.351 e. The smallest absolute Gasteiger partial charge is 0.316 e. The van der Waals surface area contributed by atoms with Gasteiger partial charge in [0.2, 0.25) is 0 Å². The molecule has 0 atom stereocenters. The first-order chi connectivity index (χ1) is 6.43. The second-order valence-corrected chi connectivity index (χ2v) is 3.12. The van der Waals surface area contributed by atoms with Crippen molar-refractivity contribution >= 4 is 34.9 Å². The predicted molar refractivity (Wildman–Crippen MR) is 49.6 cm³/mol. The van der Waals surface area contributed by atoms with Crippen molar-refractivity contribution in [2.75, 3.05) is 5.32 Å². The Kier molecular flexibility index (Phi) is 3.13. The van der Waals surface area contributed by atoms with Crippen LogP contribution in [-0.2, 0) is 0 Å². The lowest BCUT2D eigenvalue weighted by atomic mass is 10.3. The van der Waals surface area contributed by atoms with Crippen LogP contribution in [0.25, 0.3) is 0 Å². The number of hydrogen-bond acceptors (Lipinski definition) is 1. The fourth-order valence-corrected chi connectivity index (χ4v) is 1.25. The Bertz CT molecular complexity index is 398. The van der Waals surface area contributed by atoms with Crippen LogP contribution in [0, 0.1) is 11.6 Å². The van der Waals surface area contributed by atoms with Crippen LogP contribution in [0.3, 0.4) is 0 Å². The zero-order valence-electron chi connectivity index (χ0n) is 6.57. The van der Waals surface area contributed by atoms with Crippen molar-refractivity contribution in [3.05, 3.63) is 27.7 Å². The quantitative estimate of drug-likeness (QED) is 0.576. The third-order valence-corrected chi connectivity index (χ3v) is 1.97. The van der Waals surface area contributed by atoms with Crippen molar-refractivity contribution in [2.45, 2.75) is 0 Å². The number of nitrogens with one attached hydrogen (secondary N) is 1. The molecule has 76 valence electrons. The lowest BCUT2D eigenvalue weighted by molar-refractivity contribution is 0.259. The van der Waals surface area contributed by atoms with E-state index in [1.165, 1.54) is 0 Å². The Labute approximate surface area is 87.8 Å². The van der Waals surface area contributed by atoms with E-state index in [1.54, 1.807) is 0 Å². The molecule has 0 fully saturated rings. The summed E-state index contributed by atoms with van der Waals surface area (Å²) >= 11 is 10.6. The number of nitrogens with two attached hydrogens (primary N) is 1. The predicted octanol–water partition coefficient (Wildman–Crippen LogP) is 2.76. The number of urea groups is 1. The molecule has 3 N–H and O–H groups in total. The van der Waals surface area contributed by atoms with E-state index in [9.17, 15) is 13.6 Å². The first kappa shape index (κ1) is 11.0. The number of benzene rings is 1. The van der Waals surface area contributed by atoms with Crippen LogP contribution < -0.4 is 11.1 Å². The summed E-state index contributed by atoms with van der Waals surface area (Å²) in [5.74, 6) is -2.20. The van der Waals surface area contributed by atoms with Crippen LogP contribution in [0.5, 0.6) is 0 Å². The van der Waals surface area contributed by atoms with E-state index in [1.807, 2.05) is 5.32 Å². The molecule has 1 rings (SSSR count). The molecule has 0 heterocycles. The Hall–Kier alpha value is -1.07. The van der Waals surface area contributed by atoms with Crippen LogP contribution in [0.2, 0.25) is 10.0 Å². The Morgan fingerprint density at radius 1 is 1.36 bits per heavy atom. The first-order valence-electron chi connectivity index (χ1n) is 3.33. The summed E-state index contributed by atoms with van der Waals surface area (Å²) in [6.45, 7) is 0. The molecule has 1 aromatic rings. The van der Waals surface area contributed by atoms with E-state index in [-0.39, 0.29) is 5.69 Å². The van der Waals surface area contributed by atoms with Gasteiger partial charge in [-0.05, 0) is 6.07 Å². The number of hydrogen-bond donors (Lipinski definition) is 2. The fraction of sp³-hybridized carbons (Fsp3) is 0. The normalized spacial score (nSPS) is 10.0. The van der Waals surface area contributed by atoms with Gasteiger partial charge in [-0.1, -0.05) is 23.2 Å². The van der Waals surface area contributed by atoms with Crippen molar-refractivity contribution in [2.24, 2.45) is 5.73 Å². The SMILES string of the molecule is NC(=O)Nc1cc(Cl)c(F)c(Cl)c1F. The van der Waals surface area contributed by atoms with E-state index in [4.69, 9.17) is 28.9 Å². The lowest BCUT2D eigenvalue weighted by Crippen LogP contribution is -2.20. The molecule has 1 aromatic carbocycles. The Balaban J connectivity index is 3.25. The van der Waals surface area contributed by atoms with Crippen molar-refractivity contribution in [1.82, 2.24) is 0 Å². The number of carbonyl (C=O) groups excluding carboxylic acids is 1. The Morgan fingerprint density at radius 3 is 2.43 bits per heavy atom. The molecule has 0 unspecified atom stereocenters. The molecule has 0 radical (unpaired) electrons. The van der Waals surface area contributed by atoms with E-state index < -0.39 is 27.7 Å². The summed E-state index contributed by atoms with van der Waals surface area (Å²) in [6.07, 6.45) is 0. The van der Waals surface area contributed by atoms with Crippen LogP contribution in [0.4, 0.5) is 19.3 Å². The number of amides is 2. The highest BCUT2D eigenvalue weighted by atomic mass is 35.5. The molecule has 0 saturated carbocycles. The molecule has 2 amide bonds. The second kappa shape index (κ2) is 3.98. The number of carbonyl (C=O) groups is 1. The van der Waals surface area contributed by atoms with E-state index in [0.717, 1.165) is 6.07 Å². The van der Waals surface area contributed by atoms with Gasteiger partial charge in [0.05, 0.1) is 10.7 Å². The van der Waals surface area contributed by atoms with E-state index >= 15 is 0 Å². The molecule has 0 spiro atoms. The van der Waals surface area contributed by atoms with Crippen molar-refractivity contribution in [3.8, 4) is 0 Å². The molecule has 0 aliphatic carbocycles. The van der Waals surface area contributed by atoms with Crippen LogP contribution in [0.15, 0.2) is 6.07 Å². The zero-order chi connectivity index (χ0) is 10.9. The summed E-state index contributed by atoms with van der Waals surface area (Å²) in [7, 11) is 0. The number of primary amides is 1. The van der Waals surface area contributed by atoms with Gasteiger partial charge in [0.25, 0.3) is 0 Å². The summed E-state index contributed by atoms with van der Waals surface area (Å²) in [4.78, 5) is 10.4. The summed E-state index contributed by atoms with van der Waals surface area (Å²) in [6, 6.07) is -0.120. The maximum absolute atomic E-state index is 13.1. The highest BCUT2D eigenvalue weighted by Crippen LogP contribution is 2.31. The molecule has 3 nitrogen and oxygen atoms in total. The first-order valence-corrected chi connectivity index (χ1v) is 4.08. The molecule has 0 saturated heterocycles. The number of rotatable bonds is 1. The topological polar surface area (TPSA) is 55.1 Å². The highest BCUT2D eigenvalue weighted by molar-refractivity contribution is 6.35. The van der Waals surface area contributed by atoms with Gasteiger partial charge in [-0.15, -0.1) is 0 Å². The third-order valence-electron chi connectivity index (χ3n) is 1.36. The lowest BCUT2D eigenvalue weighted by Gasteiger charge is -2.06. The van der Waals surface area contributed by atoms with Crippen molar-refractivity contribution in [3.63, 3.8) is 0 Å². The molecular weight excluding hydrogens is 237 g/mol. The van der Waals surface area contributed by atoms with Gasteiger partial charge in [0, 0.05) is 0 Å². The third kappa shape index (κ3) is 2.05. The van der Waals surface area contributed by atoms with Crippen LogP contribution in [0.1, 0.15) is 0 Å². The van der Waals surface area contributed by atoms with Gasteiger partial charge in [-0.25, -0.2) is 13.6 Å². The Morgan fingerprint density at radius 2 is 1.93 bits per heavy atom. The zero-order valence-corrected chi connectivity index (χ0v) is 8.09. The molecule has 7 heteroatoms. The summed E-state index contributed by atoms with van der Waals surface area (Å²) < 4.78 is 26.0. The van der Waals surface area contributed by atoms with Crippen LogP contribution >= 0.6 is 23.2 Å². The monoisotopic (exact) mass is 240 g/mol. The second-order valence-electron chi connectivity index (χ2n) is 2.34.